The van der Waals surface area contributed by atoms with Gasteiger partial charge in [-0.25, -0.2) is 0 Å². The van der Waals surface area contributed by atoms with Crippen molar-refractivity contribution >= 4 is 5.91 Å². The third-order valence-electron chi connectivity index (χ3n) is 13.1. The maximum absolute atomic E-state index is 13.2. The Balaban J connectivity index is 1.80. The van der Waals surface area contributed by atoms with E-state index >= 15 is 0 Å². The fourth-order valence-electron chi connectivity index (χ4n) is 8.42. The van der Waals surface area contributed by atoms with Crippen molar-refractivity contribution in [1.82, 2.24) is 5.32 Å². The van der Waals surface area contributed by atoms with E-state index in [4.69, 9.17) is 18.9 Å². The first-order valence-electron chi connectivity index (χ1n) is 28.9. The van der Waals surface area contributed by atoms with Crippen LogP contribution in [0.5, 0.6) is 0 Å². The predicted molar refractivity (Wildman–Crippen MR) is 308 cm³/mol. The minimum absolute atomic E-state index is 0.184. The summed E-state index contributed by atoms with van der Waals surface area (Å²) in [5, 5.41) is 86.9. The first kappa shape index (κ1) is 69.2. The zero-order chi connectivity index (χ0) is 56.0. The highest BCUT2D eigenvalue weighted by atomic mass is 16.7. The predicted octanol–water partition coefficient (Wildman–Crippen LogP) is 9.60. The smallest absolute Gasteiger partial charge is 0.220 e. The number of rotatable bonds is 43. The highest BCUT2D eigenvalue weighted by Gasteiger charge is 2.51. The van der Waals surface area contributed by atoms with E-state index < -0.39 is 86.8 Å². The molecule has 0 aromatic carbocycles. The van der Waals surface area contributed by atoms with Gasteiger partial charge in [0.05, 0.1) is 32.0 Å². The maximum atomic E-state index is 13.2. The van der Waals surface area contributed by atoms with Crippen LogP contribution in [0, 0.1) is 0 Å². The van der Waals surface area contributed by atoms with Crippen LogP contribution in [0.4, 0.5) is 0 Å². The first-order valence-corrected chi connectivity index (χ1v) is 28.9. The lowest BCUT2D eigenvalue weighted by molar-refractivity contribution is -0.359. The van der Waals surface area contributed by atoms with Gasteiger partial charge in [0.25, 0.3) is 0 Å². The molecule has 0 spiro atoms. The monoisotopic (exact) mass is 1080 g/mol. The van der Waals surface area contributed by atoms with Gasteiger partial charge >= 0.3 is 0 Å². The molecule has 2 heterocycles. The lowest BCUT2D eigenvalue weighted by Gasteiger charge is -2.46. The van der Waals surface area contributed by atoms with E-state index in [1.807, 2.05) is 12.2 Å². The van der Waals surface area contributed by atoms with Crippen LogP contribution in [0.3, 0.4) is 0 Å². The van der Waals surface area contributed by atoms with Crippen LogP contribution in [0.1, 0.15) is 162 Å². The van der Waals surface area contributed by atoms with Gasteiger partial charge in [-0.1, -0.05) is 192 Å². The fraction of sp³-hybridized carbons (Fsp3) is 0.635. The van der Waals surface area contributed by atoms with Gasteiger partial charge in [-0.2, -0.15) is 0 Å². The third-order valence-corrected chi connectivity index (χ3v) is 13.1. The second kappa shape index (κ2) is 47.0. The molecule has 0 aliphatic carbocycles. The Labute approximate surface area is 462 Å². The summed E-state index contributed by atoms with van der Waals surface area (Å²) in [5.74, 6) is -0.314. The molecule has 0 saturated carbocycles. The first-order chi connectivity index (χ1) is 37.6. The quantitative estimate of drug-likeness (QED) is 0.0205. The second-order valence-corrected chi connectivity index (χ2v) is 19.7. The number of nitrogens with one attached hydrogen (secondary N) is 1. The van der Waals surface area contributed by atoms with Gasteiger partial charge in [0, 0.05) is 6.42 Å². The van der Waals surface area contributed by atoms with Crippen LogP contribution in [0.15, 0.2) is 134 Å². The van der Waals surface area contributed by atoms with Gasteiger partial charge in [-0.05, 0) is 96.3 Å². The Bertz CT molecular complexity index is 1800. The van der Waals surface area contributed by atoms with Crippen LogP contribution in [0.25, 0.3) is 0 Å². The molecule has 14 heteroatoms. The number of hydrogen-bond donors (Lipinski definition) is 9. The highest BCUT2D eigenvalue weighted by Crippen LogP contribution is 2.30. The van der Waals surface area contributed by atoms with Crippen molar-refractivity contribution in [2.75, 3.05) is 19.8 Å². The summed E-state index contributed by atoms with van der Waals surface area (Å²) in [7, 11) is 0. The normalized spacial score (nSPS) is 25.7. The lowest BCUT2D eigenvalue weighted by Crippen LogP contribution is -2.65. The van der Waals surface area contributed by atoms with Crippen LogP contribution in [-0.4, -0.2) is 140 Å². The van der Waals surface area contributed by atoms with Gasteiger partial charge in [-0.15, -0.1) is 0 Å². The largest absolute Gasteiger partial charge is 0.394 e. The van der Waals surface area contributed by atoms with E-state index in [0.717, 1.165) is 70.6 Å². The van der Waals surface area contributed by atoms with E-state index in [9.17, 15) is 45.6 Å². The minimum Gasteiger partial charge on any atom is -0.394 e. The van der Waals surface area contributed by atoms with Crippen LogP contribution in [-0.2, 0) is 23.7 Å². The Morgan fingerprint density at radius 1 is 0.481 bits per heavy atom. The van der Waals surface area contributed by atoms with Crippen molar-refractivity contribution in [2.24, 2.45) is 0 Å². The minimum atomic E-state index is -1.80. The molecule has 2 saturated heterocycles. The average molecular weight is 1080 g/mol. The van der Waals surface area contributed by atoms with E-state index in [0.29, 0.717) is 19.3 Å². The van der Waals surface area contributed by atoms with Crippen molar-refractivity contribution in [3.8, 4) is 0 Å². The summed E-state index contributed by atoms with van der Waals surface area (Å²) in [4.78, 5) is 13.2. The standard InChI is InChI=1S/C63H101NO13/c1-3-5-7-9-11-13-15-17-19-20-21-22-23-24-25-26-27-28-29-30-31-32-33-35-37-39-41-43-45-47-55(68)64-51(52(67)46-44-42-40-38-36-34-18-16-14-12-10-8-6-4-2)50-74-62-60(73)58(71)61(54(49-66)76-62)77-63-59(72)57(70)56(69)53(48-65)75-63/h5,7,11,13,17,19,21-22,24-25,27-28,30-31,33,35-36,38-39,41,44,46,51-54,56-63,65-67,69-73H,3-4,6,8-10,12,14-16,18,20,23,26,29,32,34,37,40,42-43,45,47-50H2,1-2H3,(H,64,68)/b7-5-,13-11-,19-17-,22-21-,25-24-,28-27-,31-30-,35-33-,38-36+,41-39-,46-44+. The molecule has 1 amide bonds. The van der Waals surface area contributed by atoms with Crippen LogP contribution in [0.2, 0.25) is 0 Å². The van der Waals surface area contributed by atoms with Crippen molar-refractivity contribution in [3.63, 3.8) is 0 Å². The number of ether oxygens (including phenoxy) is 4. The number of unbranched alkanes of at least 4 members (excludes halogenated alkanes) is 10. The molecule has 12 atom stereocenters. The molecule has 2 rings (SSSR count). The average Bonchev–Trinajstić information content (AvgIpc) is 3.43. The number of allylic oxidation sites excluding steroid dienone is 21. The molecular formula is C63H101NO13. The molecule has 2 fully saturated rings. The summed E-state index contributed by atoms with van der Waals surface area (Å²) < 4.78 is 22.7. The number of carbonyl (C=O) groups is 1. The van der Waals surface area contributed by atoms with Gasteiger partial charge in [0.1, 0.15) is 48.8 Å². The van der Waals surface area contributed by atoms with Gasteiger partial charge in [-0.3, -0.25) is 4.79 Å². The molecule has 0 radical (unpaired) electrons. The number of hydrogen-bond acceptors (Lipinski definition) is 13. The SMILES string of the molecule is CC/C=C\C/C=C\C/C=C\C/C=C\C/C=C\C/C=C\C/C=C\C/C=C\C/C=C\CCCC(=O)NC(COC1OC(CO)C(OC2OC(CO)C(O)C(O)C2O)C(O)C1O)C(O)/C=C/CC/C=C/CCCCCCCCCC. The van der Waals surface area contributed by atoms with Gasteiger partial charge in [0.2, 0.25) is 5.91 Å². The van der Waals surface area contributed by atoms with Crippen LogP contribution >= 0.6 is 0 Å². The molecule has 9 N–H and O–H groups in total. The Kier molecular flexibility index (Phi) is 42.2. The molecule has 0 aromatic rings. The summed E-state index contributed by atoms with van der Waals surface area (Å²) in [6.45, 7) is 2.58. The van der Waals surface area contributed by atoms with Gasteiger partial charge < -0.3 is 65.1 Å². The summed E-state index contributed by atoms with van der Waals surface area (Å²) in [6.07, 6.45) is 52.1. The highest BCUT2D eigenvalue weighted by molar-refractivity contribution is 5.76. The van der Waals surface area contributed by atoms with E-state index in [-0.39, 0.29) is 18.9 Å². The van der Waals surface area contributed by atoms with Crippen LogP contribution < -0.4 is 5.32 Å². The molecule has 436 valence electrons. The Morgan fingerprint density at radius 2 is 0.909 bits per heavy atom. The number of carbonyl (C=O) groups excluding carboxylic acids is 1. The molecule has 12 unspecified atom stereocenters. The molecule has 2 aliphatic rings. The summed E-state index contributed by atoms with van der Waals surface area (Å²) >= 11 is 0. The molecular weight excluding hydrogens is 979 g/mol. The van der Waals surface area contributed by atoms with Gasteiger partial charge in [0.15, 0.2) is 12.6 Å². The fourth-order valence-corrected chi connectivity index (χ4v) is 8.42. The molecule has 0 bridgehead atoms. The Morgan fingerprint density at radius 3 is 1.43 bits per heavy atom. The summed E-state index contributed by atoms with van der Waals surface area (Å²) in [5.41, 5.74) is 0. The third kappa shape index (κ3) is 32.7. The molecule has 77 heavy (non-hydrogen) atoms. The lowest BCUT2D eigenvalue weighted by atomic mass is 9.97. The molecule has 0 aromatic heterocycles. The zero-order valence-corrected chi connectivity index (χ0v) is 46.6. The van der Waals surface area contributed by atoms with Crippen molar-refractivity contribution in [1.29, 1.82) is 0 Å². The number of aliphatic hydroxyl groups excluding tert-OH is 8. The summed E-state index contributed by atoms with van der Waals surface area (Å²) in [6, 6.07) is -0.972. The number of aliphatic hydroxyl groups is 8. The topological polar surface area (TPSA) is 228 Å². The number of amides is 1. The van der Waals surface area contributed by atoms with Crippen molar-refractivity contribution in [3.05, 3.63) is 134 Å². The molecule has 14 nitrogen and oxygen atoms in total. The maximum Gasteiger partial charge on any atom is 0.220 e. The molecule has 2 aliphatic heterocycles. The van der Waals surface area contributed by atoms with E-state index in [1.165, 1.54) is 51.4 Å². The van der Waals surface area contributed by atoms with E-state index in [1.54, 1.807) is 6.08 Å². The van der Waals surface area contributed by atoms with Crippen molar-refractivity contribution < 1.29 is 64.6 Å². The second-order valence-electron chi connectivity index (χ2n) is 19.7. The van der Waals surface area contributed by atoms with E-state index in [2.05, 4.69) is 135 Å². The zero-order valence-electron chi connectivity index (χ0n) is 46.6. The van der Waals surface area contributed by atoms with Crippen molar-refractivity contribution in [2.45, 2.75) is 235 Å². The Hall–Kier alpha value is -3.87.